The van der Waals surface area contributed by atoms with Crippen molar-refractivity contribution in [2.45, 2.75) is 45.4 Å². The molecule has 4 nitrogen and oxygen atoms in total. The van der Waals surface area contributed by atoms with E-state index in [9.17, 15) is 9.59 Å². The molecule has 0 atom stereocenters. The van der Waals surface area contributed by atoms with Gasteiger partial charge in [-0.25, -0.2) is 0 Å². The minimum absolute atomic E-state index is 0.0197. The molecule has 4 heteroatoms. The van der Waals surface area contributed by atoms with Gasteiger partial charge in [0.1, 0.15) is 0 Å². The fourth-order valence-corrected chi connectivity index (χ4v) is 3.34. The van der Waals surface area contributed by atoms with Crippen LogP contribution < -0.4 is 5.32 Å². The Morgan fingerprint density at radius 3 is 2.22 bits per heavy atom. The van der Waals surface area contributed by atoms with Crippen molar-refractivity contribution in [1.29, 1.82) is 0 Å². The van der Waals surface area contributed by atoms with Crippen LogP contribution in [0, 0.1) is 11.8 Å². The molecule has 1 saturated heterocycles. The summed E-state index contributed by atoms with van der Waals surface area (Å²) in [5.74, 6) is 0.680. The summed E-state index contributed by atoms with van der Waals surface area (Å²) in [6.07, 6.45) is 5.84. The molecule has 124 valence electrons. The summed E-state index contributed by atoms with van der Waals surface area (Å²) in [4.78, 5) is 26.6. The van der Waals surface area contributed by atoms with E-state index in [-0.39, 0.29) is 17.7 Å². The van der Waals surface area contributed by atoms with E-state index in [1.165, 1.54) is 12.0 Å². The molecule has 0 aromatic heterocycles. The lowest BCUT2D eigenvalue weighted by molar-refractivity contribution is -0.140. The molecule has 0 unspecified atom stereocenters. The van der Waals surface area contributed by atoms with E-state index in [0.29, 0.717) is 5.91 Å². The molecule has 2 aliphatic rings. The molecular weight excluding hydrogens is 288 g/mol. The van der Waals surface area contributed by atoms with Gasteiger partial charge in [0, 0.05) is 30.6 Å². The van der Waals surface area contributed by atoms with Gasteiger partial charge in [0.2, 0.25) is 11.8 Å². The lowest BCUT2D eigenvalue weighted by atomic mass is 9.83. The first-order valence-electron chi connectivity index (χ1n) is 8.86. The summed E-state index contributed by atoms with van der Waals surface area (Å²) in [6, 6.07) is 8.03. The van der Waals surface area contributed by atoms with Crippen LogP contribution in [0.2, 0.25) is 0 Å². The summed E-state index contributed by atoms with van der Waals surface area (Å²) < 4.78 is 0. The Labute approximate surface area is 138 Å². The number of benzene rings is 1. The Morgan fingerprint density at radius 1 is 1.04 bits per heavy atom. The van der Waals surface area contributed by atoms with Crippen LogP contribution in [0.5, 0.6) is 0 Å². The summed E-state index contributed by atoms with van der Waals surface area (Å²) in [5, 5.41) is 3.01. The second-order valence-electron chi connectivity index (χ2n) is 6.77. The molecule has 1 aromatic carbocycles. The number of anilines is 1. The smallest absolute Gasteiger partial charge is 0.227 e. The molecule has 23 heavy (non-hydrogen) atoms. The number of hydrogen-bond donors (Lipinski definition) is 1. The molecule has 1 saturated carbocycles. The van der Waals surface area contributed by atoms with Crippen LogP contribution in [0.15, 0.2) is 24.3 Å². The zero-order valence-electron chi connectivity index (χ0n) is 13.9. The highest BCUT2D eigenvalue weighted by atomic mass is 16.2. The zero-order chi connectivity index (χ0) is 16.2. The summed E-state index contributed by atoms with van der Waals surface area (Å²) >= 11 is 0. The molecule has 1 aromatic rings. The number of nitrogens with zero attached hydrogens (tertiary/aromatic N) is 1. The van der Waals surface area contributed by atoms with Gasteiger partial charge in [0.25, 0.3) is 0 Å². The maximum absolute atomic E-state index is 12.4. The van der Waals surface area contributed by atoms with Gasteiger partial charge in [0.05, 0.1) is 0 Å². The Bertz CT molecular complexity index is 555. The third-order valence-electron chi connectivity index (χ3n) is 5.26. The minimum Gasteiger partial charge on any atom is -0.342 e. The third kappa shape index (κ3) is 3.74. The molecule has 1 heterocycles. The standard InChI is InChI=1S/C19H26N2O2/c1-2-14-6-8-17(9-7-14)20-18(22)15-10-12-21(13-11-15)19(23)16-4-3-5-16/h6-9,15-16H,2-5,10-13H2,1H3,(H,20,22). The first-order chi connectivity index (χ1) is 11.2. The quantitative estimate of drug-likeness (QED) is 0.927. The molecule has 2 amide bonds. The zero-order valence-corrected chi connectivity index (χ0v) is 13.9. The van der Waals surface area contributed by atoms with Crippen LogP contribution in [-0.2, 0) is 16.0 Å². The van der Waals surface area contributed by atoms with E-state index in [1.807, 2.05) is 17.0 Å². The monoisotopic (exact) mass is 314 g/mol. The second-order valence-corrected chi connectivity index (χ2v) is 6.77. The van der Waals surface area contributed by atoms with E-state index in [2.05, 4.69) is 24.4 Å². The number of rotatable bonds is 4. The Kier molecular flexibility index (Phi) is 4.99. The van der Waals surface area contributed by atoms with Gasteiger partial charge in [-0.15, -0.1) is 0 Å². The lowest BCUT2D eigenvalue weighted by Gasteiger charge is -2.36. The predicted molar refractivity (Wildman–Crippen MR) is 91.1 cm³/mol. The van der Waals surface area contributed by atoms with E-state index in [1.54, 1.807) is 0 Å². The number of carbonyl (C=O) groups excluding carboxylic acids is 2. The first kappa shape index (κ1) is 16.0. The topological polar surface area (TPSA) is 49.4 Å². The van der Waals surface area contributed by atoms with Gasteiger partial charge in [-0.1, -0.05) is 25.5 Å². The minimum atomic E-state index is 0.0197. The van der Waals surface area contributed by atoms with Crippen LogP contribution >= 0.6 is 0 Å². The van der Waals surface area contributed by atoms with Gasteiger partial charge in [-0.05, 0) is 49.8 Å². The highest BCUT2D eigenvalue weighted by Crippen LogP contribution is 2.30. The molecule has 2 fully saturated rings. The molecule has 0 spiro atoms. The van der Waals surface area contributed by atoms with Gasteiger partial charge < -0.3 is 10.2 Å². The van der Waals surface area contributed by atoms with Crippen molar-refractivity contribution in [3.63, 3.8) is 0 Å². The number of likely N-dealkylation sites (tertiary alicyclic amines) is 1. The second kappa shape index (κ2) is 7.16. The summed E-state index contributed by atoms with van der Waals surface area (Å²) in [5.41, 5.74) is 2.13. The van der Waals surface area contributed by atoms with Crippen LogP contribution in [0.1, 0.15) is 44.6 Å². The number of piperidine rings is 1. The molecule has 1 N–H and O–H groups in total. The molecule has 0 bridgehead atoms. The number of carbonyl (C=O) groups is 2. The first-order valence-corrected chi connectivity index (χ1v) is 8.86. The SMILES string of the molecule is CCc1ccc(NC(=O)C2CCN(C(=O)C3CCC3)CC2)cc1. The molecule has 0 radical (unpaired) electrons. The van der Waals surface area contributed by atoms with Gasteiger partial charge >= 0.3 is 0 Å². The van der Waals surface area contributed by atoms with Crippen molar-refractivity contribution in [2.24, 2.45) is 11.8 Å². The molecule has 1 aliphatic heterocycles. The molecule has 3 rings (SSSR count). The van der Waals surface area contributed by atoms with Gasteiger partial charge in [-0.3, -0.25) is 9.59 Å². The fraction of sp³-hybridized carbons (Fsp3) is 0.579. The highest BCUT2D eigenvalue weighted by Gasteiger charge is 2.33. The van der Waals surface area contributed by atoms with E-state index in [4.69, 9.17) is 0 Å². The van der Waals surface area contributed by atoms with Gasteiger partial charge in [-0.2, -0.15) is 0 Å². The van der Waals surface area contributed by atoms with Gasteiger partial charge in [0.15, 0.2) is 0 Å². The normalized spacial score (nSPS) is 19.3. The molecule has 1 aliphatic carbocycles. The van der Waals surface area contributed by atoms with Crippen LogP contribution in [0.4, 0.5) is 5.69 Å². The molecular formula is C19H26N2O2. The Balaban J connectivity index is 1.48. The largest absolute Gasteiger partial charge is 0.342 e. The average molecular weight is 314 g/mol. The summed E-state index contributed by atoms with van der Waals surface area (Å²) in [6.45, 7) is 3.57. The Morgan fingerprint density at radius 2 is 1.70 bits per heavy atom. The maximum atomic E-state index is 12.4. The number of hydrogen-bond acceptors (Lipinski definition) is 2. The van der Waals surface area contributed by atoms with Crippen molar-refractivity contribution < 1.29 is 9.59 Å². The number of nitrogens with one attached hydrogen (secondary N) is 1. The maximum Gasteiger partial charge on any atom is 0.227 e. The van der Waals surface area contributed by atoms with Crippen LogP contribution in [0.25, 0.3) is 0 Å². The third-order valence-corrected chi connectivity index (χ3v) is 5.26. The van der Waals surface area contributed by atoms with Crippen LogP contribution in [0.3, 0.4) is 0 Å². The predicted octanol–water partition coefficient (Wildman–Crippen LogP) is 3.23. The lowest BCUT2D eigenvalue weighted by Crippen LogP contribution is -2.45. The van der Waals surface area contributed by atoms with Crippen molar-refractivity contribution in [3.05, 3.63) is 29.8 Å². The van der Waals surface area contributed by atoms with E-state index in [0.717, 1.165) is 50.9 Å². The van der Waals surface area contributed by atoms with Crippen molar-refractivity contribution in [3.8, 4) is 0 Å². The average Bonchev–Trinajstić information content (AvgIpc) is 2.54. The summed E-state index contributed by atoms with van der Waals surface area (Å²) in [7, 11) is 0. The van der Waals surface area contributed by atoms with Crippen molar-refractivity contribution in [2.75, 3.05) is 18.4 Å². The number of amides is 2. The van der Waals surface area contributed by atoms with Crippen molar-refractivity contribution in [1.82, 2.24) is 4.90 Å². The number of aryl methyl sites for hydroxylation is 1. The Hall–Kier alpha value is -1.84. The van der Waals surface area contributed by atoms with E-state index < -0.39 is 0 Å². The van der Waals surface area contributed by atoms with Crippen molar-refractivity contribution >= 4 is 17.5 Å². The fourth-order valence-electron chi connectivity index (χ4n) is 3.34. The highest BCUT2D eigenvalue weighted by molar-refractivity contribution is 5.92. The van der Waals surface area contributed by atoms with Crippen LogP contribution in [-0.4, -0.2) is 29.8 Å². The van der Waals surface area contributed by atoms with E-state index >= 15 is 0 Å².